The molecule has 84 valence electrons. The van der Waals surface area contributed by atoms with Gasteiger partial charge in [0.1, 0.15) is 0 Å². The number of nitrogen functional groups attached to an aromatic ring is 1. The zero-order valence-corrected chi connectivity index (χ0v) is 10.3. The van der Waals surface area contributed by atoms with Crippen molar-refractivity contribution in [1.82, 2.24) is 19.6 Å². The van der Waals surface area contributed by atoms with Crippen LogP contribution in [-0.2, 0) is 0 Å². The minimum Gasteiger partial charge on any atom is -0.397 e. The Balaban J connectivity index is 2.24. The summed E-state index contributed by atoms with van der Waals surface area (Å²) in [4.78, 5) is 8.41. The smallest absolute Gasteiger partial charge is 0.182 e. The number of nitrogens with two attached hydrogens (primary N) is 1. The molecule has 2 N–H and O–H groups in total. The van der Waals surface area contributed by atoms with Gasteiger partial charge in [0.25, 0.3) is 0 Å². The van der Waals surface area contributed by atoms with E-state index in [9.17, 15) is 0 Å². The SMILES string of the molecule is Nc1cc(Br)c2nc(-c3ccncc3)nn2c1. The molecule has 0 amide bonds. The van der Waals surface area contributed by atoms with Crippen LogP contribution in [0.25, 0.3) is 17.0 Å². The summed E-state index contributed by atoms with van der Waals surface area (Å²) in [6, 6.07) is 5.54. The van der Waals surface area contributed by atoms with Gasteiger partial charge >= 0.3 is 0 Å². The maximum absolute atomic E-state index is 5.74. The largest absolute Gasteiger partial charge is 0.397 e. The van der Waals surface area contributed by atoms with Gasteiger partial charge < -0.3 is 5.73 Å². The Bertz CT molecular complexity index is 677. The highest BCUT2D eigenvalue weighted by Gasteiger charge is 2.09. The Hall–Kier alpha value is -1.95. The van der Waals surface area contributed by atoms with Crippen LogP contribution in [0.3, 0.4) is 0 Å². The van der Waals surface area contributed by atoms with E-state index in [0.29, 0.717) is 11.5 Å². The number of pyridine rings is 2. The van der Waals surface area contributed by atoms with Crippen LogP contribution in [-0.4, -0.2) is 19.6 Å². The zero-order chi connectivity index (χ0) is 11.8. The van der Waals surface area contributed by atoms with Crippen LogP contribution >= 0.6 is 15.9 Å². The monoisotopic (exact) mass is 289 g/mol. The third kappa shape index (κ3) is 1.76. The van der Waals surface area contributed by atoms with Crippen molar-refractivity contribution in [2.75, 3.05) is 5.73 Å². The molecule has 3 aromatic rings. The van der Waals surface area contributed by atoms with E-state index in [1.165, 1.54) is 0 Å². The average Bonchev–Trinajstić information content (AvgIpc) is 2.74. The summed E-state index contributed by atoms with van der Waals surface area (Å²) in [5.74, 6) is 0.652. The number of aromatic nitrogens is 4. The van der Waals surface area contributed by atoms with Crippen molar-refractivity contribution in [3.05, 3.63) is 41.3 Å². The van der Waals surface area contributed by atoms with Crippen LogP contribution in [0.5, 0.6) is 0 Å². The van der Waals surface area contributed by atoms with Crippen molar-refractivity contribution in [1.29, 1.82) is 0 Å². The molecule has 3 rings (SSSR count). The van der Waals surface area contributed by atoms with Crippen LogP contribution in [0.1, 0.15) is 0 Å². The minimum atomic E-state index is 0.635. The fourth-order valence-corrected chi connectivity index (χ4v) is 2.12. The molecule has 0 fully saturated rings. The first-order chi connectivity index (χ1) is 8.24. The van der Waals surface area contributed by atoms with Gasteiger partial charge in [-0.1, -0.05) is 0 Å². The highest BCUT2D eigenvalue weighted by Crippen LogP contribution is 2.22. The fraction of sp³-hybridized carbons (Fsp3) is 0. The highest BCUT2D eigenvalue weighted by atomic mass is 79.9. The number of nitrogens with zero attached hydrogens (tertiary/aromatic N) is 4. The molecule has 0 radical (unpaired) electrons. The molecule has 0 saturated carbocycles. The Kier molecular flexibility index (Phi) is 2.29. The molecular formula is C11H8BrN5. The molecule has 0 unspecified atom stereocenters. The molecule has 5 nitrogen and oxygen atoms in total. The normalized spacial score (nSPS) is 10.9. The first kappa shape index (κ1) is 10.2. The summed E-state index contributed by atoms with van der Waals surface area (Å²) in [6.07, 6.45) is 5.16. The van der Waals surface area contributed by atoms with Gasteiger partial charge in [0.2, 0.25) is 0 Å². The average molecular weight is 290 g/mol. The maximum Gasteiger partial charge on any atom is 0.182 e. The van der Waals surface area contributed by atoms with E-state index >= 15 is 0 Å². The summed E-state index contributed by atoms with van der Waals surface area (Å²) in [5, 5.41) is 4.37. The maximum atomic E-state index is 5.74. The molecule has 0 aliphatic carbocycles. The van der Waals surface area contributed by atoms with Crippen molar-refractivity contribution < 1.29 is 0 Å². The summed E-state index contributed by atoms with van der Waals surface area (Å²) >= 11 is 3.42. The van der Waals surface area contributed by atoms with Gasteiger partial charge in [0.15, 0.2) is 11.5 Å². The first-order valence-corrected chi connectivity index (χ1v) is 5.75. The van der Waals surface area contributed by atoms with E-state index in [1.807, 2.05) is 12.1 Å². The standard InChI is InChI=1S/C11H8BrN5/c12-9-5-8(13)6-17-11(9)15-10(16-17)7-1-3-14-4-2-7/h1-6H,13H2. The lowest BCUT2D eigenvalue weighted by Gasteiger charge is -1.96. The van der Waals surface area contributed by atoms with Gasteiger partial charge in [-0.2, -0.15) is 0 Å². The van der Waals surface area contributed by atoms with Gasteiger partial charge in [-0.25, -0.2) is 9.50 Å². The van der Waals surface area contributed by atoms with Crippen molar-refractivity contribution in [2.45, 2.75) is 0 Å². The topological polar surface area (TPSA) is 69.1 Å². The number of hydrogen-bond donors (Lipinski definition) is 1. The van der Waals surface area contributed by atoms with Gasteiger partial charge in [-0.3, -0.25) is 4.98 Å². The quantitative estimate of drug-likeness (QED) is 0.745. The number of rotatable bonds is 1. The Labute approximate surface area is 105 Å². The van der Waals surface area contributed by atoms with Gasteiger partial charge in [0.05, 0.1) is 16.4 Å². The summed E-state index contributed by atoms with van der Waals surface area (Å²) < 4.78 is 2.49. The van der Waals surface area contributed by atoms with Crippen LogP contribution < -0.4 is 5.73 Å². The number of fused-ring (bicyclic) bond motifs is 1. The predicted molar refractivity (Wildman–Crippen MR) is 68.3 cm³/mol. The molecule has 6 heteroatoms. The number of halogens is 1. The summed E-state index contributed by atoms with van der Waals surface area (Å²) in [5.41, 5.74) is 8.05. The van der Waals surface area contributed by atoms with Gasteiger partial charge in [-0.15, -0.1) is 5.10 Å². The predicted octanol–water partition coefficient (Wildman–Crippen LogP) is 2.14. The van der Waals surface area contributed by atoms with Crippen molar-refractivity contribution in [2.24, 2.45) is 0 Å². The van der Waals surface area contributed by atoms with E-state index in [1.54, 1.807) is 29.2 Å². The van der Waals surface area contributed by atoms with E-state index in [0.717, 1.165) is 15.7 Å². The van der Waals surface area contributed by atoms with Crippen molar-refractivity contribution in [3.8, 4) is 11.4 Å². The molecule has 0 bridgehead atoms. The molecule has 17 heavy (non-hydrogen) atoms. The molecule has 0 spiro atoms. The van der Waals surface area contributed by atoms with E-state index in [-0.39, 0.29) is 0 Å². The number of anilines is 1. The van der Waals surface area contributed by atoms with Crippen LogP contribution in [0.4, 0.5) is 5.69 Å². The van der Waals surface area contributed by atoms with Crippen LogP contribution in [0.15, 0.2) is 41.3 Å². The molecule has 0 aromatic carbocycles. The van der Waals surface area contributed by atoms with E-state index in [2.05, 4.69) is 31.0 Å². The van der Waals surface area contributed by atoms with E-state index in [4.69, 9.17) is 5.73 Å². The van der Waals surface area contributed by atoms with Crippen LogP contribution in [0.2, 0.25) is 0 Å². The lowest BCUT2D eigenvalue weighted by atomic mass is 10.3. The van der Waals surface area contributed by atoms with Crippen molar-refractivity contribution >= 4 is 27.3 Å². The molecule has 0 aliphatic heterocycles. The minimum absolute atomic E-state index is 0.635. The van der Waals surface area contributed by atoms with E-state index < -0.39 is 0 Å². The molecule has 3 heterocycles. The second kappa shape index (κ2) is 3.81. The second-order valence-electron chi connectivity index (χ2n) is 3.56. The Morgan fingerprint density at radius 2 is 2.00 bits per heavy atom. The number of hydrogen-bond acceptors (Lipinski definition) is 4. The third-order valence-electron chi connectivity index (χ3n) is 2.35. The first-order valence-electron chi connectivity index (χ1n) is 4.96. The second-order valence-corrected chi connectivity index (χ2v) is 4.42. The zero-order valence-electron chi connectivity index (χ0n) is 8.71. The lowest BCUT2D eigenvalue weighted by molar-refractivity contribution is 0.965. The summed E-state index contributed by atoms with van der Waals surface area (Å²) in [7, 11) is 0. The fourth-order valence-electron chi connectivity index (χ4n) is 1.59. The third-order valence-corrected chi connectivity index (χ3v) is 2.93. The summed E-state index contributed by atoms with van der Waals surface area (Å²) in [6.45, 7) is 0. The molecule has 3 aromatic heterocycles. The molecule has 0 aliphatic rings. The Morgan fingerprint density at radius 3 is 2.76 bits per heavy atom. The highest BCUT2D eigenvalue weighted by molar-refractivity contribution is 9.10. The molecule has 0 saturated heterocycles. The lowest BCUT2D eigenvalue weighted by Crippen LogP contribution is -1.92. The Morgan fingerprint density at radius 1 is 1.24 bits per heavy atom. The van der Waals surface area contributed by atoms with Gasteiger partial charge in [0, 0.05) is 18.0 Å². The molecule has 0 atom stereocenters. The van der Waals surface area contributed by atoms with Gasteiger partial charge in [-0.05, 0) is 34.1 Å². The van der Waals surface area contributed by atoms with Crippen LogP contribution in [0, 0.1) is 0 Å². The van der Waals surface area contributed by atoms with Crippen molar-refractivity contribution in [3.63, 3.8) is 0 Å². The molecular weight excluding hydrogens is 282 g/mol.